The van der Waals surface area contributed by atoms with Gasteiger partial charge >= 0.3 is 0 Å². The lowest BCUT2D eigenvalue weighted by Crippen LogP contribution is -2.12. The Labute approximate surface area is 108 Å². The first-order chi connectivity index (χ1) is 8.77. The first kappa shape index (κ1) is 14.7. The molecule has 0 bridgehead atoms. The summed E-state index contributed by atoms with van der Waals surface area (Å²) in [6, 6.07) is 6.99. The molecule has 0 saturated carbocycles. The fourth-order valence-electron chi connectivity index (χ4n) is 1.39. The average molecular weight is 252 g/mol. The maximum Gasteiger partial charge on any atom is 0.188 e. The van der Waals surface area contributed by atoms with Gasteiger partial charge < -0.3 is 14.2 Å². The standard InChI is InChI=1S/C14H20O4/c1-3-8-17-9-10-18-11-14(15)12-4-6-13(16-2)7-5-12/h4-7H,3,8-11H2,1-2H3. The third-order valence-electron chi connectivity index (χ3n) is 2.37. The fourth-order valence-corrected chi connectivity index (χ4v) is 1.39. The van der Waals surface area contributed by atoms with Gasteiger partial charge in [0.2, 0.25) is 0 Å². The minimum atomic E-state index is -0.0341. The minimum absolute atomic E-state index is 0.0341. The summed E-state index contributed by atoms with van der Waals surface area (Å²) in [5.41, 5.74) is 0.630. The third kappa shape index (κ3) is 5.29. The van der Waals surface area contributed by atoms with Crippen LogP contribution in [0.3, 0.4) is 0 Å². The van der Waals surface area contributed by atoms with Crippen LogP contribution in [0.15, 0.2) is 24.3 Å². The van der Waals surface area contributed by atoms with Gasteiger partial charge in [0, 0.05) is 12.2 Å². The summed E-state index contributed by atoms with van der Waals surface area (Å²) < 4.78 is 15.5. The second-order valence-electron chi connectivity index (χ2n) is 3.82. The van der Waals surface area contributed by atoms with Crippen LogP contribution in [0.25, 0.3) is 0 Å². The molecule has 0 spiro atoms. The van der Waals surface area contributed by atoms with Crippen LogP contribution in [0.5, 0.6) is 5.75 Å². The molecule has 0 aromatic heterocycles. The van der Waals surface area contributed by atoms with Crippen LogP contribution in [0.4, 0.5) is 0 Å². The summed E-state index contributed by atoms with van der Waals surface area (Å²) in [6.45, 7) is 3.84. The number of carbonyl (C=O) groups excluding carboxylic acids is 1. The summed E-state index contributed by atoms with van der Waals surface area (Å²) in [5.74, 6) is 0.702. The zero-order valence-corrected chi connectivity index (χ0v) is 11.0. The number of methoxy groups -OCH3 is 1. The second-order valence-corrected chi connectivity index (χ2v) is 3.82. The van der Waals surface area contributed by atoms with E-state index >= 15 is 0 Å². The molecule has 18 heavy (non-hydrogen) atoms. The molecule has 0 N–H and O–H groups in total. The summed E-state index contributed by atoms with van der Waals surface area (Å²) in [7, 11) is 1.59. The van der Waals surface area contributed by atoms with Crippen molar-refractivity contribution in [2.45, 2.75) is 13.3 Å². The molecule has 0 heterocycles. The molecular weight excluding hydrogens is 232 g/mol. The topological polar surface area (TPSA) is 44.8 Å². The number of hydrogen-bond acceptors (Lipinski definition) is 4. The average Bonchev–Trinajstić information content (AvgIpc) is 2.42. The van der Waals surface area contributed by atoms with Crippen molar-refractivity contribution >= 4 is 5.78 Å². The van der Waals surface area contributed by atoms with Gasteiger partial charge in [-0.05, 0) is 30.7 Å². The van der Waals surface area contributed by atoms with Gasteiger partial charge in [-0.15, -0.1) is 0 Å². The highest BCUT2D eigenvalue weighted by Gasteiger charge is 2.05. The first-order valence-corrected chi connectivity index (χ1v) is 6.10. The Kier molecular flexibility index (Phi) is 7.06. The molecule has 0 radical (unpaired) electrons. The van der Waals surface area contributed by atoms with Crippen LogP contribution in [-0.4, -0.2) is 39.3 Å². The molecule has 1 aromatic carbocycles. The molecule has 0 fully saturated rings. The number of ether oxygens (including phenoxy) is 3. The smallest absolute Gasteiger partial charge is 0.188 e. The van der Waals surface area contributed by atoms with Gasteiger partial charge in [-0.1, -0.05) is 6.92 Å². The van der Waals surface area contributed by atoms with Gasteiger partial charge in [0.25, 0.3) is 0 Å². The minimum Gasteiger partial charge on any atom is -0.497 e. The Morgan fingerprint density at radius 3 is 2.33 bits per heavy atom. The fraction of sp³-hybridized carbons (Fsp3) is 0.500. The van der Waals surface area contributed by atoms with E-state index in [9.17, 15) is 4.79 Å². The van der Waals surface area contributed by atoms with Gasteiger partial charge in [0.15, 0.2) is 5.78 Å². The molecule has 1 aromatic rings. The van der Waals surface area contributed by atoms with Crippen molar-refractivity contribution in [2.24, 2.45) is 0 Å². The lowest BCUT2D eigenvalue weighted by Gasteiger charge is -2.05. The van der Waals surface area contributed by atoms with Crippen LogP contribution in [-0.2, 0) is 9.47 Å². The Hall–Kier alpha value is -1.39. The van der Waals surface area contributed by atoms with E-state index in [4.69, 9.17) is 14.2 Å². The van der Waals surface area contributed by atoms with Crippen LogP contribution in [0.1, 0.15) is 23.7 Å². The van der Waals surface area contributed by atoms with Gasteiger partial charge in [0.1, 0.15) is 12.4 Å². The molecule has 0 aliphatic heterocycles. The van der Waals surface area contributed by atoms with E-state index in [1.54, 1.807) is 31.4 Å². The molecular formula is C14H20O4. The van der Waals surface area contributed by atoms with Gasteiger partial charge in [-0.3, -0.25) is 4.79 Å². The highest BCUT2D eigenvalue weighted by atomic mass is 16.5. The first-order valence-electron chi connectivity index (χ1n) is 6.10. The molecule has 0 aliphatic carbocycles. The van der Waals surface area contributed by atoms with E-state index in [0.29, 0.717) is 18.8 Å². The number of hydrogen-bond donors (Lipinski definition) is 0. The number of ketones is 1. The van der Waals surface area contributed by atoms with Crippen molar-refractivity contribution < 1.29 is 19.0 Å². The van der Waals surface area contributed by atoms with E-state index in [1.165, 1.54) is 0 Å². The lowest BCUT2D eigenvalue weighted by atomic mass is 10.1. The Bertz CT molecular complexity index is 345. The maximum absolute atomic E-state index is 11.7. The van der Waals surface area contributed by atoms with Crippen molar-refractivity contribution in [1.82, 2.24) is 0 Å². The summed E-state index contributed by atoms with van der Waals surface area (Å²) in [5, 5.41) is 0. The Balaban J connectivity index is 2.23. The quantitative estimate of drug-likeness (QED) is 0.500. The molecule has 0 saturated heterocycles. The molecule has 0 aliphatic rings. The van der Waals surface area contributed by atoms with Crippen molar-refractivity contribution in [2.75, 3.05) is 33.5 Å². The SMILES string of the molecule is CCCOCCOCC(=O)c1ccc(OC)cc1. The highest BCUT2D eigenvalue weighted by Crippen LogP contribution is 2.11. The maximum atomic E-state index is 11.7. The molecule has 0 unspecified atom stereocenters. The van der Waals surface area contributed by atoms with Crippen LogP contribution in [0.2, 0.25) is 0 Å². The lowest BCUT2D eigenvalue weighted by molar-refractivity contribution is 0.0441. The summed E-state index contributed by atoms with van der Waals surface area (Å²) in [6.07, 6.45) is 0.991. The van der Waals surface area contributed by atoms with E-state index in [-0.39, 0.29) is 12.4 Å². The van der Waals surface area contributed by atoms with Crippen molar-refractivity contribution in [3.05, 3.63) is 29.8 Å². The van der Waals surface area contributed by atoms with Crippen LogP contribution in [0, 0.1) is 0 Å². The van der Waals surface area contributed by atoms with Gasteiger partial charge in [-0.25, -0.2) is 0 Å². The Morgan fingerprint density at radius 2 is 1.72 bits per heavy atom. The number of carbonyl (C=O) groups is 1. The van der Waals surface area contributed by atoms with Crippen LogP contribution >= 0.6 is 0 Å². The van der Waals surface area contributed by atoms with Crippen LogP contribution < -0.4 is 4.74 Å². The predicted octanol–water partition coefficient (Wildman–Crippen LogP) is 2.32. The van der Waals surface area contributed by atoms with E-state index in [1.807, 2.05) is 6.92 Å². The highest BCUT2D eigenvalue weighted by molar-refractivity contribution is 5.97. The van der Waals surface area contributed by atoms with Gasteiger partial charge in [0.05, 0.1) is 20.3 Å². The molecule has 4 heteroatoms. The van der Waals surface area contributed by atoms with Crippen molar-refractivity contribution in [3.63, 3.8) is 0 Å². The third-order valence-corrected chi connectivity index (χ3v) is 2.37. The predicted molar refractivity (Wildman–Crippen MR) is 69.3 cm³/mol. The summed E-state index contributed by atoms with van der Waals surface area (Å²) >= 11 is 0. The van der Waals surface area contributed by atoms with Crippen molar-refractivity contribution in [1.29, 1.82) is 0 Å². The van der Waals surface area contributed by atoms with Crippen molar-refractivity contribution in [3.8, 4) is 5.75 Å². The molecule has 0 amide bonds. The van der Waals surface area contributed by atoms with E-state index in [2.05, 4.69) is 0 Å². The molecule has 100 valence electrons. The van der Waals surface area contributed by atoms with E-state index < -0.39 is 0 Å². The largest absolute Gasteiger partial charge is 0.497 e. The second kappa shape index (κ2) is 8.66. The van der Waals surface area contributed by atoms with Gasteiger partial charge in [-0.2, -0.15) is 0 Å². The molecule has 1 rings (SSSR count). The molecule has 4 nitrogen and oxygen atoms in total. The zero-order valence-electron chi connectivity index (χ0n) is 11.0. The number of benzene rings is 1. The monoisotopic (exact) mass is 252 g/mol. The Morgan fingerprint density at radius 1 is 1.06 bits per heavy atom. The van der Waals surface area contributed by atoms with E-state index in [0.717, 1.165) is 18.8 Å². The normalized spacial score (nSPS) is 10.3. The zero-order chi connectivity index (χ0) is 13.2. The number of Topliss-reactive ketones (excluding diaryl/α,β-unsaturated/α-hetero) is 1. The summed E-state index contributed by atoms with van der Waals surface area (Å²) in [4.78, 5) is 11.7. The molecule has 0 atom stereocenters. The number of rotatable bonds is 9.